The predicted molar refractivity (Wildman–Crippen MR) is 73.2 cm³/mol. The standard InChI is InChI=1S/C13H19NO4S/c1-18-12-4-3-11(13(15)9-12)10-14-5-2-7-19(16,17)8-6-14/h3-4,9,15H,2,5-8,10H2,1H3. The molecule has 19 heavy (non-hydrogen) atoms. The van der Waals surface area contributed by atoms with Gasteiger partial charge in [0.1, 0.15) is 11.5 Å². The Morgan fingerprint density at radius 2 is 2.11 bits per heavy atom. The topological polar surface area (TPSA) is 66.8 Å². The first-order chi connectivity index (χ1) is 9.00. The van der Waals surface area contributed by atoms with Crippen LogP contribution in [0.3, 0.4) is 0 Å². The molecular weight excluding hydrogens is 266 g/mol. The van der Waals surface area contributed by atoms with Crippen LogP contribution in [0, 0.1) is 0 Å². The fourth-order valence-electron chi connectivity index (χ4n) is 2.19. The maximum atomic E-state index is 11.5. The van der Waals surface area contributed by atoms with Gasteiger partial charge in [0.25, 0.3) is 0 Å². The summed E-state index contributed by atoms with van der Waals surface area (Å²) >= 11 is 0. The molecule has 106 valence electrons. The summed E-state index contributed by atoms with van der Waals surface area (Å²) in [6, 6.07) is 5.18. The largest absolute Gasteiger partial charge is 0.507 e. The SMILES string of the molecule is COc1ccc(CN2CCCS(=O)(=O)CC2)c(O)c1. The molecule has 0 aromatic heterocycles. The first-order valence-electron chi connectivity index (χ1n) is 6.29. The van der Waals surface area contributed by atoms with Gasteiger partial charge in [-0.25, -0.2) is 8.42 Å². The van der Waals surface area contributed by atoms with E-state index in [1.54, 1.807) is 19.2 Å². The molecule has 6 heteroatoms. The van der Waals surface area contributed by atoms with Crippen LogP contribution < -0.4 is 4.74 Å². The van der Waals surface area contributed by atoms with Crippen LogP contribution in [-0.2, 0) is 16.4 Å². The molecule has 0 spiro atoms. The van der Waals surface area contributed by atoms with Gasteiger partial charge in [-0.2, -0.15) is 0 Å². The predicted octanol–water partition coefficient (Wildman–Crippen LogP) is 1.02. The van der Waals surface area contributed by atoms with Crippen LogP contribution in [0.15, 0.2) is 18.2 Å². The molecule has 1 aromatic carbocycles. The van der Waals surface area contributed by atoms with Crippen LogP contribution in [-0.4, -0.2) is 50.1 Å². The first kappa shape index (κ1) is 14.1. The summed E-state index contributed by atoms with van der Waals surface area (Å²) in [6.45, 7) is 1.82. The molecule has 1 aliphatic rings. The Hall–Kier alpha value is -1.27. The Labute approximate surface area is 113 Å². The summed E-state index contributed by atoms with van der Waals surface area (Å²) in [5.41, 5.74) is 0.792. The van der Waals surface area contributed by atoms with E-state index in [-0.39, 0.29) is 17.3 Å². The molecule has 1 aromatic rings. The summed E-state index contributed by atoms with van der Waals surface area (Å²) < 4.78 is 28.1. The van der Waals surface area contributed by atoms with Gasteiger partial charge in [-0.05, 0) is 19.0 Å². The second-order valence-electron chi connectivity index (χ2n) is 4.78. The molecule has 1 N–H and O–H groups in total. The molecule has 0 saturated carbocycles. The van der Waals surface area contributed by atoms with Crippen molar-refractivity contribution < 1.29 is 18.3 Å². The Morgan fingerprint density at radius 1 is 1.32 bits per heavy atom. The zero-order valence-electron chi connectivity index (χ0n) is 11.0. The molecule has 5 nitrogen and oxygen atoms in total. The minimum Gasteiger partial charge on any atom is -0.507 e. The van der Waals surface area contributed by atoms with Crippen LogP contribution in [0.5, 0.6) is 11.5 Å². The summed E-state index contributed by atoms with van der Waals surface area (Å²) in [4.78, 5) is 2.06. The second kappa shape index (κ2) is 5.79. The Morgan fingerprint density at radius 3 is 2.79 bits per heavy atom. The summed E-state index contributed by atoms with van der Waals surface area (Å²) in [7, 11) is -1.34. The Balaban J connectivity index is 2.05. The number of hydrogen-bond acceptors (Lipinski definition) is 5. The molecular formula is C13H19NO4S. The average molecular weight is 285 g/mol. The van der Waals surface area contributed by atoms with E-state index in [4.69, 9.17) is 4.74 Å². The van der Waals surface area contributed by atoms with Crippen molar-refractivity contribution in [3.8, 4) is 11.5 Å². The van der Waals surface area contributed by atoms with E-state index in [1.165, 1.54) is 0 Å². The fraction of sp³-hybridized carbons (Fsp3) is 0.538. The molecule has 0 amide bonds. The summed E-state index contributed by atoms with van der Waals surface area (Å²) in [5.74, 6) is 1.26. The third-order valence-electron chi connectivity index (χ3n) is 3.33. The van der Waals surface area contributed by atoms with E-state index in [0.717, 1.165) is 12.1 Å². The molecule has 0 bridgehead atoms. The van der Waals surface area contributed by atoms with Crippen molar-refractivity contribution in [2.45, 2.75) is 13.0 Å². The normalized spacial score (nSPS) is 19.8. The zero-order chi connectivity index (χ0) is 13.9. The zero-order valence-corrected chi connectivity index (χ0v) is 11.8. The second-order valence-corrected chi connectivity index (χ2v) is 7.08. The van der Waals surface area contributed by atoms with Crippen LogP contribution in [0.1, 0.15) is 12.0 Å². The van der Waals surface area contributed by atoms with Crippen molar-refractivity contribution in [1.82, 2.24) is 4.90 Å². The smallest absolute Gasteiger partial charge is 0.151 e. The van der Waals surface area contributed by atoms with Gasteiger partial charge in [-0.3, -0.25) is 4.90 Å². The maximum absolute atomic E-state index is 11.5. The Bertz CT molecular complexity index is 542. The van der Waals surface area contributed by atoms with Gasteiger partial charge >= 0.3 is 0 Å². The molecule has 0 aliphatic carbocycles. The maximum Gasteiger partial charge on any atom is 0.151 e. The van der Waals surface area contributed by atoms with Crippen LogP contribution in [0.25, 0.3) is 0 Å². The van der Waals surface area contributed by atoms with E-state index < -0.39 is 9.84 Å². The molecule has 1 aliphatic heterocycles. The lowest BCUT2D eigenvalue weighted by atomic mass is 10.1. The molecule has 2 rings (SSSR count). The van der Waals surface area contributed by atoms with Crippen LogP contribution in [0.4, 0.5) is 0 Å². The highest BCUT2D eigenvalue weighted by atomic mass is 32.2. The number of aromatic hydroxyl groups is 1. The van der Waals surface area contributed by atoms with Crippen LogP contribution >= 0.6 is 0 Å². The third kappa shape index (κ3) is 3.84. The summed E-state index contributed by atoms with van der Waals surface area (Å²) in [5, 5.41) is 9.90. The number of nitrogens with zero attached hydrogens (tertiary/aromatic N) is 1. The molecule has 0 radical (unpaired) electrons. The lowest BCUT2D eigenvalue weighted by Crippen LogP contribution is -2.26. The van der Waals surface area contributed by atoms with Crippen molar-refractivity contribution in [3.05, 3.63) is 23.8 Å². The summed E-state index contributed by atoms with van der Waals surface area (Å²) in [6.07, 6.45) is 0.652. The number of sulfone groups is 1. The van der Waals surface area contributed by atoms with E-state index in [1.807, 2.05) is 6.07 Å². The number of rotatable bonds is 3. The van der Waals surface area contributed by atoms with Gasteiger partial charge in [-0.1, -0.05) is 6.07 Å². The van der Waals surface area contributed by atoms with Gasteiger partial charge in [0.2, 0.25) is 0 Å². The van der Waals surface area contributed by atoms with Crippen LogP contribution in [0.2, 0.25) is 0 Å². The van der Waals surface area contributed by atoms with Crippen molar-refractivity contribution >= 4 is 9.84 Å². The van der Waals surface area contributed by atoms with E-state index in [2.05, 4.69) is 4.90 Å². The lowest BCUT2D eigenvalue weighted by Gasteiger charge is -2.19. The van der Waals surface area contributed by atoms with E-state index in [0.29, 0.717) is 25.3 Å². The Kier molecular flexibility index (Phi) is 4.31. The van der Waals surface area contributed by atoms with Gasteiger partial charge in [0.05, 0.1) is 18.6 Å². The van der Waals surface area contributed by atoms with E-state index >= 15 is 0 Å². The minimum atomic E-state index is -2.89. The highest BCUT2D eigenvalue weighted by molar-refractivity contribution is 7.91. The number of benzene rings is 1. The van der Waals surface area contributed by atoms with Gasteiger partial charge < -0.3 is 9.84 Å². The third-order valence-corrected chi connectivity index (χ3v) is 5.05. The number of methoxy groups -OCH3 is 1. The molecule has 1 saturated heterocycles. The van der Waals surface area contributed by atoms with Crippen molar-refractivity contribution in [2.75, 3.05) is 31.7 Å². The quantitative estimate of drug-likeness (QED) is 0.898. The lowest BCUT2D eigenvalue weighted by molar-refractivity contribution is 0.282. The molecule has 1 fully saturated rings. The molecule has 0 unspecified atom stereocenters. The number of phenols is 1. The van der Waals surface area contributed by atoms with Gasteiger partial charge in [0, 0.05) is 24.7 Å². The number of hydrogen-bond donors (Lipinski definition) is 1. The van der Waals surface area contributed by atoms with Crippen molar-refractivity contribution in [1.29, 1.82) is 0 Å². The average Bonchev–Trinajstić information content (AvgIpc) is 2.53. The van der Waals surface area contributed by atoms with Gasteiger partial charge in [0.15, 0.2) is 9.84 Å². The molecule has 1 heterocycles. The highest BCUT2D eigenvalue weighted by Crippen LogP contribution is 2.25. The first-order valence-corrected chi connectivity index (χ1v) is 8.11. The van der Waals surface area contributed by atoms with Crippen molar-refractivity contribution in [2.24, 2.45) is 0 Å². The number of ether oxygens (including phenoxy) is 1. The van der Waals surface area contributed by atoms with E-state index in [9.17, 15) is 13.5 Å². The highest BCUT2D eigenvalue weighted by Gasteiger charge is 2.19. The van der Waals surface area contributed by atoms with Gasteiger partial charge in [-0.15, -0.1) is 0 Å². The van der Waals surface area contributed by atoms with Crippen molar-refractivity contribution in [3.63, 3.8) is 0 Å². The number of phenolic OH excluding ortho intramolecular Hbond substituents is 1. The monoisotopic (exact) mass is 285 g/mol. The molecule has 0 atom stereocenters. The fourth-order valence-corrected chi connectivity index (χ4v) is 3.50. The minimum absolute atomic E-state index is 0.187.